The first-order valence-electron chi connectivity index (χ1n) is 9.51. The summed E-state index contributed by atoms with van der Waals surface area (Å²) in [6.07, 6.45) is 2.16. The van der Waals surface area contributed by atoms with E-state index in [4.69, 9.17) is 33.2 Å². The molecule has 2 aromatic rings. The number of carbonyl (C=O) groups excluding carboxylic acids is 3. The lowest BCUT2D eigenvalue weighted by molar-refractivity contribution is -0.149. The van der Waals surface area contributed by atoms with Crippen molar-refractivity contribution < 1.29 is 19.1 Å². The summed E-state index contributed by atoms with van der Waals surface area (Å²) in [5.74, 6) is -1.29. The minimum atomic E-state index is -0.976. The molecular weight excluding hydrogens is 473 g/mol. The molecule has 0 saturated carbocycles. The molecule has 168 valence electrons. The first kappa shape index (κ1) is 25.5. The maximum absolute atomic E-state index is 12.6. The molecule has 1 unspecified atom stereocenters. The Labute approximate surface area is 200 Å². The summed E-state index contributed by atoms with van der Waals surface area (Å²) >= 11 is 13.4. The molecule has 0 fully saturated rings. The number of carbonyl (C=O) groups is 3. The van der Waals surface area contributed by atoms with E-state index in [0.29, 0.717) is 22.9 Å². The fourth-order valence-corrected chi connectivity index (χ4v) is 3.67. The van der Waals surface area contributed by atoms with E-state index in [2.05, 4.69) is 5.32 Å². The number of esters is 1. The Morgan fingerprint density at radius 2 is 1.91 bits per heavy atom. The van der Waals surface area contributed by atoms with Crippen LogP contribution in [0, 0.1) is 11.3 Å². The van der Waals surface area contributed by atoms with Crippen molar-refractivity contribution in [3.05, 3.63) is 64.1 Å². The van der Waals surface area contributed by atoms with Crippen LogP contribution in [0.2, 0.25) is 10.0 Å². The van der Waals surface area contributed by atoms with Crippen LogP contribution in [-0.4, -0.2) is 49.0 Å². The molecule has 0 spiro atoms. The van der Waals surface area contributed by atoms with Gasteiger partial charge in [-0.25, -0.2) is 4.79 Å². The Balaban J connectivity index is 2.06. The van der Waals surface area contributed by atoms with Crippen molar-refractivity contribution >= 4 is 58.4 Å². The highest BCUT2D eigenvalue weighted by atomic mass is 35.5. The van der Waals surface area contributed by atoms with Gasteiger partial charge in [0, 0.05) is 10.7 Å². The van der Waals surface area contributed by atoms with Crippen LogP contribution in [0.25, 0.3) is 0 Å². The van der Waals surface area contributed by atoms with Gasteiger partial charge in [-0.1, -0.05) is 41.4 Å². The fraction of sp³-hybridized carbons (Fsp3) is 0.273. The van der Waals surface area contributed by atoms with E-state index in [0.717, 1.165) is 0 Å². The lowest BCUT2D eigenvalue weighted by atomic mass is 10.1. The number of nitrogens with zero attached hydrogens (tertiary/aromatic N) is 2. The molecule has 7 nitrogen and oxygen atoms in total. The third-order valence-corrected chi connectivity index (χ3v) is 5.50. The number of hydrogen-bond donors (Lipinski definition) is 1. The minimum absolute atomic E-state index is 0.150. The van der Waals surface area contributed by atoms with Gasteiger partial charge in [0.05, 0.1) is 16.7 Å². The van der Waals surface area contributed by atoms with Crippen LogP contribution in [0.1, 0.15) is 16.8 Å². The minimum Gasteiger partial charge on any atom is -0.454 e. The highest BCUT2D eigenvalue weighted by molar-refractivity contribution is 7.98. The average Bonchev–Trinajstić information content (AvgIpc) is 2.78. The number of para-hydroxylation sites is 1. The summed E-state index contributed by atoms with van der Waals surface area (Å²) in [6.45, 7) is -0.759. The molecule has 1 N–H and O–H groups in total. The van der Waals surface area contributed by atoms with Crippen molar-refractivity contribution in [2.75, 3.05) is 30.1 Å². The van der Waals surface area contributed by atoms with E-state index in [1.807, 2.05) is 12.3 Å². The lowest BCUT2D eigenvalue weighted by Crippen LogP contribution is -2.44. The summed E-state index contributed by atoms with van der Waals surface area (Å²) in [5, 5.41) is 12.2. The van der Waals surface area contributed by atoms with Crippen molar-refractivity contribution in [2.45, 2.75) is 12.5 Å². The molecule has 1 atom stereocenters. The smallest absolute Gasteiger partial charge is 0.329 e. The normalized spacial score (nSPS) is 11.2. The molecule has 32 heavy (non-hydrogen) atoms. The zero-order valence-corrected chi connectivity index (χ0v) is 19.5. The summed E-state index contributed by atoms with van der Waals surface area (Å²) in [7, 11) is 0. The summed E-state index contributed by atoms with van der Waals surface area (Å²) in [6, 6.07) is 13.9. The molecule has 0 saturated heterocycles. The van der Waals surface area contributed by atoms with E-state index in [1.54, 1.807) is 30.3 Å². The Morgan fingerprint density at radius 1 is 1.19 bits per heavy atom. The Kier molecular flexibility index (Phi) is 10.3. The zero-order chi connectivity index (χ0) is 23.5. The number of anilines is 1. The van der Waals surface area contributed by atoms with Crippen LogP contribution in [0.4, 0.5) is 5.69 Å². The second-order valence-corrected chi connectivity index (χ2v) is 8.34. The first-order valence-corrected chi connectivity index (χ1v) is 11.7. The molecule has 0 aromatic heterocycles. The van der Waals surface area contributed by atoms with Crippen LogP contribution >= 0.6 is 35.0 Å². The van der Waals surface area contributed by atoms with E-state index in [9.17, 15) is 14.4 Å². The van der Waals surface area contributed by atoms with Gasteiger partial charge >= 0.3 is 5.97 Å². The van der Waals surface area contributed by atoms with Gasteiger partial charge in [-0.05, 0) is 48.8 Å². The second kappa shape index (κ2) is 13.0. The number of nitrogens with one attached hydrogen (secondary N) is 1. The molecule has 2 amide bonds. The summed E-state index contributed by atoms with van der Waals surface area (Å²) in [5.41, 5.74) is 0.679. The SMILES string of the molecule is CSCCC(NC(=O)c1ccc(Cl)cc1Cl)C(=O)OCC(=O)N(CC#N)c1ccccc1. The molecule has 0 radical (unpaired) electrons. The van der Waals surface area contributed by atoms with Gasteiger partial charge in [-0.2, -0.15) is 17.0 Å². The van der Waals surface area contributed by atoms with Gasteiger partial charge in [0.1, 0.15) is 12.6 Å². The van der Waals surface area contributed by atoms with Crippen molar-refractivity contribution in [2.24, 2.45) is 0 Å². The third kappa shape index (κ3) is 7.45. The monoisotopic (exact) mass is 493 g/mol. The molecule has 10 heteroatoms. The largest absolute Gasteiger partial charge is 0.454 e. The molecule has 0 aliphatic rings. The number of ether oxygens (including phenoxy) is 1. The molecule has 0 heterocycles. The van der Waals surface area contributed by atoms with Crippen LogP contribution in [0.5, 0.6) is 0 Å². The second-order valence-electron chi connectivity index (χ2n) is 6.51. The molecule has 2 rings (SSSR count). The number of benzene rings is 2. The summed E-state index contributed by atoms with van der Waals surface area (Å²) in [4.78, 5) is 39.0. The Morgan fingerprint density at radius 3 is 2.53 bits per heavy atom. The van der Waals surface area contributed by atoms with Crippen molar-refractivity contribution in [1.29, 1.82) is 5.26 Å². The predicted octanol–water partition coefficient (Wildman–Crippen LogP) is 3.94. The summed E-state index contributed by atoms with van der Waals surface area (Å²) < 4.78 is 5.18. The average molecular weight is 494 g/mol. The molecule has 0 aliphatic heterocycles. The number of thioether (sulfide) groups is 1. The predicted molar refractivity (Wildman–Crippen MR) is 126 cm³/mol. The standard InChI is InChI=1S/C22H21Cl2N3O4S/c1-32-12-9-19(26-21(29)17-8-7-15(23)13-18(17)24)22(30)31-14-20(28)27(11-10-25)16-5-3-2-4-6-16/h2-8,13,19H,9,11-12,14H2,1H3,(H,26,29). The van der Waals surface area contributed by atoms with E-state index in [-0.39, 0.29) is 17.1 Å². The van der Waals surface area contributed by atoms with Crippen LogP contribution in [-0.2, 0) is 14.3 Å². The maximum atomic E-state index is 12.6. The number of rotatable bonds is 10. The van der Waals surface area contributed by atoms with Crippen LogP contribution < -0.4 is 10.2 Å². The van der Waals surface area contributed by atoms with E-state index < -0.39 is 30.4 Å². The van der Waals surface area contributed by atoms with Crippen molar-refractivity contribution in [3.8, 4) is 6.07 Å². The number of hydrogen-bond acceptors (Lipinski definition) is 6. The molecule has 2 aromatic carbocycles. The number of amides is 2. The van der Waals surface area contributed by atoms with Crippen LogP contribution in [0.15, 0.2) is 48.5 Å². The lowest BCUT2D eigenvalue weighted by Gasteiger charge is -2.21. The topological polar surface area (TPSA) is 99.5 Å². The first-order chi connectivity index (χ1) is 15.4. The van der Waals surface area contributed by atoms with Crippen LogP contribution in [0.3, 0.4) is 0 Å². The number of halogens is 2. The molecule has 0 bridgehead atoms. The Bertz CT molecular complexity index is 998. The van der Waals surface area contributed by atoms with E-state index >= 15 is 0 Å². The molecule has 0 aliphatic carbocycles. The molecular formula is C22H21Cl2N3O4S. The zero-order valence-electron chi connectivity index (χ0n) is 17.2. The van der Waals surface area contributed by atoms with Gasteiger partial charge in [0.15, 0.2) is 6.61 Å². The van der Waals surface area contributed by atoms with Gasteiger partial charge in [-0.3, -0.25) is 14.5 Å². The van der Waals surface area contributed by atoms with Gasteiger partial charge < -0.3 is 10.1 Å². The van der Waals surface area contributed by atoms with Gasteiger partial charge in [0.25, 0.3) is 11.8 Å². The number of nitriles is 1. The van der Waals surface area contributed by atoms with E-state index in [1.165, 1.54) is 34.9 Å². The highest BCUT2D eigenvalue weighted by Gasteiger charge is 2.25. The van der Waals surface area contributed by atoms with Gasteiger partial charge in [0.2, 0.25) is 0 Å². The highest BCUT2D eigenvalue weighted by Crippen LogP contribution is 2.21. The Hall–Kier alpha value is -2.73. The quantitative estimate of drug-likeness (QED) is 0.397. The van der Waals surface area contributed by atoms with Crippen molar-refractivity contribution in [1.82, 2.24) is 5.32 Å². The van der Waals surface area contributed by atoms with Gasteiger partial charge in [-0.15, -0.1) is 0 Å². The van der Waals surface area contributed by atoms with Crippen molar-refractivity contribution in [3.63, 3.8) is 0 Å². The maximum Gasteiger partial charge on any atom is 0.329 e. The third-order valence-electron chi connectivity index (χ3n) is 4.31. The fourth-order valence-electron chi connectivity index (χ4n) is 2.71.